The van der Waals surface area contributed by atoms with E-state index in [1.165, 1.54) is 11.0 Å². The van der Waals surface area contributed by atoms with Gasteiger partial charge in [-0.1, -0.05) is 13.3 Å². The van der Waals surface area contributed by atoms with Crippen molar-refractivity contribution in [2.75, 3.05) is 46.4 Å². The maximum absolute atomic E-state index is 13.1. The maximum atomic E-state index is 13.1. The van der Waals surface area contributed by atoms with E-state index in [1.54, 1.807) is 24.1 Å². The normalized spacial score (nSPS) is 16.5. The van der Waals surface area contributed by atoms with Gasteiger partial charge in [0.2, 0.25) is 5.91 Å². The Morgan fingerprint density at radius 1 is 0.968 bits per heavy atom. The van der Waals surface area contributed by atoms with Gasteiger partial charge in [0.15, 0.2) is 0 Å². The van der Waals surface area contributed by atoms with Crippen LogP contribution in [0.3, 0.4) is 0 Å². The van der Waals surface area contributed by atoms with Crippen LogP contribution in [0.5, 0.6) is 0 Å². The number of nitrogens with zero attached hydrogens (tertiary/aromatic N) is 3. The standard InChI is InChI=1S/C23H31N3O5/c1-3-4-7-20(27)24-10-5-11-25(14-13-24)21(28)17-8-9-18-19(16-17)23(30)26(22(18)29)12-6-15-31-2/h8-9,16H,3-7,10-15H2,1-2H3. The first-order chi connectivity index (χ1) is 15.0. The first kappa shape index (κ1) is 22.9. The van der Waals surface area contributed by atoms with Gasteiger partial charge in [-0.15, -0.1) is 0 Å². The lowest BCUT2D eigenvalue weighted by molar-refractivity contribution is -0.131. The van der Waals surface area contributed by atoms with E-state index in [2.05, 4.69) is 6.92 Å². The summed E-state index contributed by atoms with van der Waals surface area (Å²) in [6.07, 6.45) is 3.69. The largest absolute Gasteiger partial charge is 0.385 e. The van der Waals surface area contributed by atoms with Gasteiger partial charge in [0.05, 0.1) is 11.1 Å². The van der Waals surface area contributed by atoms with Gasteiger partial charge in [0.25, 0.3) is 17.7 Å². The number of unbranched alkanes of at least 4 members (excludes halogenated alkanes) is 1. The van der Waals surface area contributed by atoms with Crippen LogP contribution in [0, 0.1) is 0 Å². The monoisotopic (exact) mass is 429 g/mol. The quantitative estimate of drug-likeness (QED) is 0.467. The predicted molar refractivity (Wildman–Crippen MR) is 115 cm³/mol. The molecule has 1 aromatic rings. The van der Waals surface area contributed by atoms with Crippen LogP contribution in [0.4, 0.5) is 0 Å². The predicted octanol–water partition coefficient (Wildman–Crippen LogP) is 2.18. The molecule has 1 fully saturated rings. The average Bonchev–Trinajstić information content (AvgIpc) is 2.95. The number of carbonyl (C=O) groups is 4. The molecule has 0 spiro atoms. The Bertz CT molecular complexity index is 854. The third-order valence-corrected chi connectivity index (χ3v) is 5.83. The first-order valence-electron chi connectivity index (χ1n) is 11.0. The molecule has 31 heavy (non-hydrogen) atoms. The summed E-state index contributed by atoms with van der Waals surface area (Å²) in [6, 6.07) is 4.71. The molecule has 8 nitrogen and oxygen atoms in total. The second-order valence-corrected chi connectivity index (χ2v) is 8.00. The van der Waals surface area contributed by atoms with E-state index in [1.807, 2.05) is 4.90 Å². The van der Waals surface area contributed by atoms with Crippen molar-refractivity contribution in [3.63, 3.8) is 0 Å². The Morgan fingerprint density at radius 3 is 2.42 bits per heavy atom. The van der Waals surface area contributed by atoms with Crippen molar-refractivity contribution >= 4 is 23.6 Å². The van der Waals surface area contributed by atoms with E-state index < -0.39 is 0 Å². The highest BCUT2D eigenvalue weighted by molar-refractivity contribution is 6.22. The third kappa shape index (κ3) is 5.12. The summed E-state index contributed by atoms with van der Waals surface area (Å²) in [5.74, 6) is -0.726. The molecule has 2 aliphatic heterocycles. The Labute approximate surface area is 183 Å². The zero-order valence-corrected chi connectivity index (χ0v) is 18.4. The third-order valence-electron chi connectivity index (χ3n) is 5.83. The Hall–Kier alpha value is -2.74. The topological polar surface area (TPSA) is 87.2 Å². The van der Waals surface area contributed by atoms with Crippen LogP contribution in [0.2, 0.25) is 0 Å². The van der Waals surface area contributed by atoms with Crippen LogP contribution in [0.25, 0.3) is 0 Å². The van der Waals surface area contributed by atoms with Crippen molar-refractivity contribution < 1.29 is 23.9 Å². The van der Waals surface area contributed by atoms with Crippen LogP contribution in [0.1, 0.15) is 70.1 Å². The van der Waals surface area contributed by atoms with Gasteiger partial charge in [-0.3, -0.25) is 24.1 Å². The molecule has 8 heteroatoms. The minimum atomic E-state index is -0.366. The van der Waals surface area contributed by atoms with E-state index in [4.69, 9.17) is 4.74 Å². The molecule has 1 aromatic carbocycles. The summed E-state index contributed by atoms with van der Waals surface area (Å²) >= 11 is 0. The Kier molecular flexibility index (Phi) is 7.79. The molecule has 0 atom stereocenters. The van der Waals surface area contributed by atoms with E-state index in [9.17, 15) is 19.2 Å². The molecular formula is C23H31N3O5. The number of methoxy groups -OCH3 is 1. The van der Waals surface area contributed by atoms with Crippen molar-refractivity contribution in [2.24, 2.45) is 0 Å². The summed E-state index contributed by atoms with van der Waals surface area (Å²) in [5.41, 5.74) is 1.01. The minimum Gasteiger partial charge on any atom is -0.385 e. The number of hydrogen-bond acceptors (Lipinski definition) is 5. The second kappa shape index (κ2) is 10.5. The number of imide groups is 1. The fourth-order valence-electron chi connectivity index (χ4n) is 4.03. The zero-order chi connectivity index (χ0) is 22.4. The molecule has 0 N–H and O–H groups in total. The molecule has 0 radical (unpaired) electrons. The average molecular weight is 430 g/mol. The molecule has 4 amide bonds. The molecule has 1 saturated heterocycles. The summed E-state index contributed by atoms with van der Waals surface area (Å²) in [4.78, 5) is 55.4. The van der Waals surface area contributed by atoms with Gasteiger partial charge < -0.3 is 14.5 Å². The summed E-state index contributed by atoms with van der Waals surface area (Å²) < 4.78 is 4.99. The van der Waals surface area contributed by atoms with Gasteiger partial charge in [-0.25, -0.2) is 0 Å². The molecular weight excluding hydrogens is 398 g/mol. The van der Waals surface area contributed by atoms with Crippen molar-refractivity contribution in [3.8, 4) is 0 Å². The van der Waals surface area contributed by atoms with E-state index in [-0.39, 0.29) is 35.7 Å². The zero-order valence-electron chi connectivity index (χ0n) is 18.4. The van der Waals surface area contributed by atoms with Gasteiger partial charge in [0.1, 0.15) is 0 Å². The van der Waals surface area contributed by atoms with Crippen LogP contribution < -0.4 is 0 Å². The van der Waals surface area contributed by atoms with E-state index >= 15 is 0 Å². The van der Waals surface area contributed by atoms with Gasteiger partial charge in [-0.05, 0) is 37.5 Å². The van der Waals surface area contributed by atoms with Gasteiger partial charge in [0, 0.05) is 58.4 Å². The molecule has 3 rings (SSSR count). The summed E-state index contributed by atoms with van der Waals surface area (Å²) in [5, 5.41) is 0. The number of carbonyl (C=O) groups excluding carboxylic acids is 4. The number of amides is 4. The molecule has 0 aliphatic carbocycles. The first-order valence-corrected chi connectivity index (χ1v) is 11.0. The minimum absolute atomic E-state index is 0.145. The smallest absolute Gasteiger partial charge is 0.261 e. The van der Waals surface area contributed by atoms with Crippen molar-refractivity contribution in [1.29, 1.82) is 0 Å². The molecule has 0 saturated carbocycles. The van der Waals surface area contributed by atoms with Crippen molar-refractivity contribution in [1.82, 2.24) is 14.7 Å². The fourth-order valence-corrected chi connectivity index (χ4v) is 4.03. The van der Waals surface area contributed by atoms with Crippen LogP contribution >= 0.6 is 0 Å². The van der Waals surface area contributed by atoms with Crippen LogP contribution in [-0.4, -0.2) is 84.8 Å². The van der Waals surface area contributed by atoms with E-state index in [0.29, 0.717) is 56.8 Å². The van der Waals surface area contributed by atoms with Gasteiger partial charge in [-0.2, -0.15) is 0 Å². The second-order valence-electron chi connectivity index (χ2n) is 8.00. The van der Waals surface area contributed by atoms with Crippen LogP contribution in [0.15, 0.2) is 18.2 Å². The number of benzene rings is 1. The van der Waals surface area contributed by atoms with Crippen molar-refractivity contribution in [2.45, 2.75) is 39.0 Å². The summed E-state index contributed by atoms with van der Waals surface area (Å²) in [6.45, 7) is 5.00. The SMILES string of the molecule is CCCCC(=O)N1CCCN(C(=O)c2ccc3c(c2)C(=O)N(CCCOC)C3=O)CC1. The van der Waals surface area contributed by atoms with Crippen LogP contribution in [-0.2, 0) is 9.53 Å². The number of rotatable bonds is 8. The molecule has 2 heterocycles. The summed E-state index contributed by atoms with van der Waals surface area (Å²) in [7, 11) is 1.57. The lowest BCUT2D eigenvalue weighted by Gasteiger charge is -2.22. The molecule has 168 valence electrons. The number of fused-ring (bicyclic) bond motifs is 1. The van der Waals surface area contributed by atoms with Crippen molar-refractivity contribution in [3.05, 3.63) is 34.9 Å². The van der Waals surface area contributed by atoms with E-state index in [0.717, 1.165) is 19.3 Å². The number of ether oxygens (including phenoxy) is 1. The molecule has 2 aliphatic rings. The lowest BCUT2D eigenvalue weighted by atomic mass is 10.0. The molecule has 0 unspecified atom stereocenters. The molecule has 0 bridgehead atoms. The maximum Gasteiger partial charge on any atom is 0.261 e. The highest BCUT2D eigenvalue weighted by Crippen LogP contribution is 2.25. The highest BCUT2D eigenvalue weighted by atomic mass is 16.5. The Balaban J connectivity index is 1.67. The van der Waals surface area contributed by atoms with Gasteiger partial charge >= 0.3 is 0 Å². The highest BCUT2D eigenvalue weighted by Gasteiger charge is 2.36. The fraction of sp³-hybridized carbons (Fsp3) is 0.565. The Morgan fingerprint density at radius 2 is 1.68 bits per heavy atom. The molecule has 0 aromatic heterocycles. The lowest BCUT2D eigenvalue weighted by Crippen LogP contribution is -2.37. The number of hydrogen-bond donors (Lipinski definition) is 0.